The Morgan fingerprint density at radius 2 is 1.87 bits per heavy atom. The summed E-state index contributed by atoms with van der Waals surface area (Å²) in [5.74, 6) is -0.820. The maximum atomic E-state index is 12.0. The van der Waals surface area contributed by atoms with Crippen molar-refractivity contribution in [1.82, 2.24) is 9.55 Å². The van der Waals surface area contributed by atoms with E-state index in [2.05, 4.69) is 18.1 Å². The zero-order valence-electron chi connectivity index (χ0n) is 14.7. The summed E-state index contributed by atoms with van der Waals surface area (Å²) in [5, 5.41) is 8.99. The first-order valence-electron chi connectivity index (χ1n) is 7.63. The maximum absolute atomic E-state index is 12.0. The van der Waals surface area contributed by atoms with Gasteiger partial charge < -0.3 is 44.2 Å². The molecule has 0 amide bonds. The number of phosphoric ester groups is 1. The minimum Gasteiger partial charge on any atom is -0.790 e. The number of ether oxygens (including phenoxy) is 1. The van der Waals surface area contributed by atoms with Crippen LogP contribution in [-0.2, 0) is 31.6 Å². The normalized spacial score (nSPS) is 30.6. The highest BCUT2D eigenvalue weighted by molar-refractivity contribution is 7.64. The Hall–Kier alpha value is -0.410. The third kappa shape index (κ3) is 6.79. The van der Waals surface area contributed by atoms with Crippen molar-refractivity contribution in [3.8, 4) is 0 Å². The van der Waals surface area contributed by atoms with Crippen molar-refractivity contribution in [2.24, 2.45) is 0 Å². The molecule has 0 saturated carbocycles. The van der Waals surface area contributed by atoms with E-state index in [-0.39, 0.29) is 5.82 Å². The van der Waals surface area contributed by atoms with Crippen LogP contribution in [0.5, 0.6) is 0 Å². The molecule has 31 heavy (non-hydrogen) atoms. The van der Waals surface area contributed by atoms with Gasteiger partial charge in [0.15, 0.2) is 6.23 Å². The zero-order chi connectivity index (χ0) is 23.8. The predicted molar refractivity (Wildman–Crippen MR) is 93.1 cm³/mol. The molecular formula is C10H12Cl2N3O13P3-4. The highest BCUT2D eigenvalue weighted by atomic mass is 35.5. The molecule has 2 heterocycles. The average Bonchev–Trinajstić information content (AvgIpc) is 2.82. The van der Waals surface area contributed by atoms with Crippen molar-refractivity contribution in [3.63, 3.8) is 0 Å². The number of hydrogen-bond donors (Lipinski definition) is 2. The Kier molecular flexibility index (Phi) is 8.18. The third-order valence-electron chi connectivity index (χ3n) is 3.69. The van der Waals surface area contributed by atoms with Gasteiger partial charge in [0, 0.05) is 6.20 Å². The molecule has 6 atom stereocenters. The van der Waals surface area contributed by atoms with Gasteiger partial charge in [0.25, 0.3) is 15.6 Å². The first kappa shape index (κ1) is 26.8. The zero-order valence-corrected chi connectivity index (χ0v) is 18.9. The minimum absolute atomic E-state index is 0.132. The van der Waals surface area contributed by atoms with E-state index in [4.69, 9.17) is 33.7 Å². The summed E-state index contributed by atoms with van der Waals surface area (Å²) in [5.41, 5.74) is 2.31. The number of hydrogen-bond acceptors (Lipinski definition) is 15. The summed E-state index contributed by atoms with van der Waals surface area (Å²) in [6.45, 7) is -1.21. The van der Waals surface area contributed by atoms with Crippen LogP contribution in [0.3, 0.4) is 0 Å². The van der Waals surface area contributed by atoms with Gasteiger partial charge in [-0.25, -0.2) is 9.11 Å². The number of alkyl halides is 2. The summed E-state index contributed by atoms with van der Waals surface area (Å²) >= 11 is 11.8. The van der Waals surface area contributed by atoms with E-state index in [1.54, 1.807) is 0 Å². The minimum atomic E-state index is -6.19. The predicted octanol–water partition coefficient (Wildman–Crippen LogP) is -2.88. The van der Waals surface area contributed by atoms with Crippen LogP contribution in [0.2, 0.25) is 0 Å². The van der Waals surface area contributed by atoms with Crippen molar-refractivity contribution >= 4 is 52.5 Å². The summed E-state index contributed by atoms with van der Waals surface area (Å²) in [4.78, 5) is 59.0. The standard InChI is InChI=1S/C10H16Cl2N3O13P3/c11-3-10(4-25-30(21,22)28-31(23,24)27-29(18,19)20)7(16)6(12)8(26-10)15-2-1-5(13)14-9(15)17/h1-2,6-8,16H,3-4H2,(H,21,22)(H,23,24)(H2,13,14,17)(H2,18,19,20)/p-4/t6-,7+,8-,10-/m1/s1. The lowest BCUT2D eigenvalue weighted by atomic mass is 10.00. The van der Waals surface area contributed by atoms with E-state index in [0.29, 0.717) is 0 Å². The maximum Gasteiger partial charge on any atom is 0.351 e. The molecule has 0 aliphatic carbocycles. The lowest BCUT2D eigenvalue weighted by Gasteiger charge is -2.38. The number of aromatic nitrogens is 2. The topological polar surface area (TPSA) is 262 Å². The Balaban J connectivity index is 2.20. The van der Waals surface area contributed by atoms with Gasteiger partial charge in [-0.3, -0.25) is 18.0 Å². The SMILES string of the molecule is Nc1ccn([C@@H]2O[C@](CCl)(COP(=O)([O-])OP(=O)([O-])OP(=O)([O-])[O-])[C@@H](O)[C@H]2Cl)c(=O)n1. The molecule has 2 unspecified atom stereocenters. The lowest BCUT2D eigenvalue weighted by Crippen LogP contribution is -2.48. The largest absolute Gasteiger partial charge is 0.790 e. The fraction of sp³-hybridized carbons (Fsp3) is 0.600. The second-order valence-corrected chi connectivity index (χ2v) is 10.9. The molecule has 1 aliphatic heterocycles. The van der Waals surface area contributed by atoms with Crippen molar-refractivity contribution in [2.45, 2.75) is 23.3 Å². The van der Waals surface area contributed by atoms with Crippen molar-refractivity contribution < 1.29 is 56.3 Å². The number of halogens is 2. The second-order valence-electron chi connectivity index (χ2n) is 5.92. The van der Waals surface area contributed by atoms with Crippen LogP contribution in [0, 0.1) is 0 Å². The number of anilines is 1. The third-order valence-corrected chi connectivity index (χ3v) is 8.24. The molecule has 1 saturated heterocycles. The molecule has 3 N–H and O–H groups in total. The summed E-state index contributed by atoms with van der Waals surface area (Å²) in [7, 11) is -18.3. The molecule has 0 radical (unpaired) electrons. The first-order chi connectivity index (χ1) is 14.0. The number of nitrogens with two attached hydrogens (primary N) is 1. The van der Waals surface area contributed by atoms with Crippen LogP contribution in [0.4, 0.5) is 5.82 Å². The van der Waals surface area contributed by atoms with E-state index in [9.17, 15) is 43.2 Å². The van der Waals surface area contributed by atoms with Crippen molar-refractivity contribution in [2.75, 3.05) is 18.2 Å². The summed E-state index contributed by atoms with van der Waals surface area (Å²) in [6.07, 6.45) is -2.09. The van der Waals surface area contributed by atoms with E-state index in [0.717, 1.165) is 10.8 Å². The lowest BCUT2D eigenvalue weighted by molar-refractivity contribution is -0.339. The molecule has 178 valence electrons. The summed E-state index contributed by atoms with van der Waals surface area (Å²) in [6, 6.07) is 1.20. The van der Waals surface area contributed by atoms with Crippen LogP contribution in [-0.4, -0.2) is 44.2 Å². The molecule has 0 aromatic carbocycles. The van der Waals surface area contributed by atoms with Crippen molar-refractivity contribution in [1.29, 1.82) is 0 Å². The number of rotatable bonds is 9. The van der Waals surface area contributed by atoms with Gasteiger partial charge in [0.2, 0.25) is 0 Å². The van der Waals surface area contributed by atoms with E-state index < -0.39 is 65.0 Å². The van der Waals surface area contributed by atoms with Gasteiger partial charge in [0.05, 0.1) is 20.3 Å². The van der Waals surface area contributed by atoms with Crippen LogP contribution < -0.4 is 31.0 Å². The van der Waals surface area contributed by atoms with Gasteiger partial charge in [0.1, 0.15) is 22.9 Å². The van der Waals surface area contributed by atoms with E-state index in [1.807, 2.05) is 0 Å². The Labute approximate surface area is 182 Å². The Morgan fingerprint density at radius 1 is 1.26 bits per heavy atom. The number of aliphatic hydroxyl groups is 1. The van der Waals surface area contributed by atoms with Crippen LogP contribution in [0.15, 0.2) is 17.1 Å². The van der Waals surface area contributed by atoms with Gasteiger partial charge in [-0.15, -0.1) is 23.2 Å². The van der Waals surface area contributed by atoms with Crippen molar-refractivity contribution in [3.05, 3.63) is 22.7 Å². The van der Waals surface area contributed by atoms with Gasteiger partial charge in [-0.2, -0.15) is 4.98 Å². The average molecular weight is 546 g/mol. The molecular weight excluding hydrogens is 534 g/mol. The second kappa shape index (κ2) is 9.45. The molecule has 0 spiro atoms. The molecule has 1 aromatic heterocycles. The molecule has 2 rings (SSSR count). The van der Waals surface area contributed by atoms with Gasteiger partial charge in [-0.05, 0) is 6.07 Å². The summed E-state index contributed by atoms with van der Waals surface area (Å²) < 4.78 is 50.3. The fourth-order valence-corrected chi connectivity index (χ4v) is 6.00. The Morgan fingerprint density at radius 3 is 2.39 bits per heavy atom. The highest BCUT2D eigenvalue weighted by Gasteiger charge is 2.55. The van der Waals surface area contributed by atoms with E-state index in [1.165, 1.54) is 6.07 Å². The van der Waals surface area contributed by atoms with Crippen LogP contribution in [0.1, 0.15) is 6.23 Å². The molecule has 1 aromatic rings. The Bertz CT molecular complexity index is 1020. The fourth-order valence-electron chi connectivity index (χ4n) is 2.39. The molecule has 21 heteroatoms. The number of phosphoric acid groups is 3. The van der Waals surface area contributed by atoms with Gasteiger partial charge in [-0.1, -0.05) is 0 Å². The highest BCUT2D eigenvalue weighted by Crippen LogP contribution is 2.60. The van der Waals surface area contributed by atoms with Gasteiger partial charge >= 0.3 is 5.69 Å². The molecule has 1 aliphatic rings. The monoisotopic (exact) mass is 545 g/mol. The number of nitrogen functional groups attached to an aromatic ring is 1. The molecule has 0 bridgehead atoms. The molecule has 16 nitrogen and oxygen atoms in total. The number of aliphatic hydroxyl groups excluding tert-OH is 1. The quantitative estimate of drug-likeness (QED) is 0.233. The van der Waals surface area contributed by atoms with Crippen LogP contribution >= 0.6 is 46.7 Å². The molecule has 1 fully saturated rings. The van der Waals surface area contributed by atoms with E-state index >= 15 is 0 Å². The smallest absolute Gasteiger partial charge is 0.351 e. The number of nitrogens with zero attached hydrogens (tertiary/aromatic N) is 2. The first-order valence-corrected chi connectivity index (χ1v) is 13.0. The van der Waals surface area contributed by atoms with Crippen LogP contribution in [0.25, 0.3) is 0 Å².